The van der Waals surface area contributed by atoms with Gasteiger partial charge in [-0.15, -0.1) is 0 Å². The Morgan fingerprint density at radius 3 is 1.63 bits per heavy atom. The van der Waals surface area contributed by atoms with Gasteiger partial charge >= 0.3 is 0 Å². The Hall–Kier alpha value is -1.77. The lowest BCUT2D eigenvalue weighted by Crippen LogP contribution is -2.25. The third kappa shape index (κ3) is 4.05. The maximum absolute atomic E-state index is 15.6. The minimum Gasteiger partial charge on any atom is -0.206 e. The molecule has 0 amide bonds. The van der Waals surface area contributed by atoms with Crippen LogP contribution in [-0.2, 0) is 0 Å². The molecule has 0 nitrogen and oxygen atoms in total. The van der Waals surface area contributed by atoms with Gasteiger partial charge in [0.25, 0.3) is 0 Å². The summed E-state index contributed by atoms with van der Waals surface area (Å²) in [6.07, 6.45) is 13.6. The largest absolute Gasteiger partial charge is 0.206 e. The van der Waals surface area contributed by atoms with Gasteiger partial charge in [0.1, 0.15) is 5.82 Å². The van der Waals surface area contributed by atoms with Gasteiger partial charge < -0.3 is 0 Å². The summed E-state index contributed by atoms with van der Waals surface area (Å²) in [4.78, 5) is 0. The summed E-state index contributed by atoms with van der Waals surface area (Å²) in [7, 11) is 0. The second-order valence-corrected chi connectivity index (χ2v) is 12.5. The summed E-state index contributed by atoms with van der Waals surface area (Å²) >= 11 is 0. The minimum atomic E-state index is -0.832. The third-order valence-corrected chi connectivity index (χ3v) is 10.3. The van der Waals surface area contributed by atoms with Crippen LogP contribution in [-0.4, -0.2) is 0 Å². The fraction of sp³-hybridized carbons (Fsp3) is 0.625. The molecule has 0 aliphatic heterocycles. The molecule has 0 radical (unpaired) electrons. The number of hydrogen-bond donors (Lipinski definition) is 0. The smallest absolute Gasteiger partial charge is 0.167 e. The summed E-state index contributed by atoms with van der Waals surface area (Å²) < 4.78 is 46.4. The van der Waals surface area contributed by atoms with E-state index < -0.39 is 11.6 Å². The zero-order valence-electron chi connectivity index (χ0n) is 21.3. The highest BCUT2D eigenvalue weighted by Crippen LogP contribution is 2.54. The second-order valence-electron chi connectivity index (χ2n) is 12.5. The van der Waals surface area contributed by atoms with Crippen molar-refractivity contribution >= 4 is 0 Å². The van der Waals surface area contributed by atoms with Gasteiger partial charge in [-0.1, -0.05) is 51.7 Å². The number of fused-ring (bicyclic) bond motifs is 4. The molecule has 0 bridgehead atoms. The summed E-state index contributed by atoms with van der Waals surface area (Å²) in [6, 6.07) is 5.72. The molecule has 35 heavy (non-hydrogen) atoms. The Labute approximate surface area is 208 Å². The topological polar surface area (TPSA) is 0 Å². The Morgan fingerprint density at radius 2 is 1.00 bits per heavy atom. The van der Waals surface area contributed by atoms with E-state index in [-0.39, 0.29) is 23.2 Å². The second kappa shape index (κ2) is 9.27. The molecule has 188 valence electrons. The Balaban J connectivity index is 1.22. The first-order valence-corrected chi connectivity index (χ1v) is 14.3. The minimum absolute atomic E-state index is 0.0750. The van der Waals surface area contributed by atoms with Gasteiger partial charge in [-0.05, 0) is 115 Å². The van der Waals surface area contributed by atoms with Crippen molar-refractivity contribution in [3.8, 4) is 22.3 Å². The van der Waals surface area contributed by atoms with E-state index in [1.807, 2.05) is 18.2 Å². The molecular formula is C32H39F3. The van der Waals surface area contributed by atoms with Gasteiger partial charge in [0, 0.05) is 11.1 Å². The number of hydrogen-bond acceptors (Lipinski definition) is 0. The van der Waals surface area contributed by atoms with Crippen LogP contribution in [0, 0.1) is 41.1 Å². The fourth-order valence-electron chi connectivity index (χ4n) is 7.94. The van der Waals surface area contributed by atoms with Crippen LogP contribution in [0.4, 0.5) is 13.2 Å². The van der Waals surface area contributed by atoms with Crippen molar-refractivity contribution in [3.63, 3.8) is 0 Å². The van der Waals surface area contributed by atoms with Gasteiger partial charge in [0.05, 0.1) is 0 Å². The van der Waals surface area contributed by atoms with Gasteiger partial charge in [0.15, 0.2) is 11.6 Å². The van der Waals surface area contributed by atoms with Gasteiger partial charge in [0.2, 0.25) is 0 Å². The molecule has 0 atom stereocenters. The number of benzene rings is 2. The van der Waals surface area contributed by atoms with E-state index in [0.29, 0.717) is 28.2 Å². The molecule has 4 aliphatic carbocycles. The lowest BCUT2D eigenvalue weighted by atomic mass is 9.68. The molecule has 6 rings (SSSR count). The molecular weight excluding hydrogens is 441 g/mol. The van der Waals surface area contributed by atoms with Crippen molar-refractivity contribution in [2.45, 2.75) is 103 Å². The van der Waals surface area contributed by atoms with Crippen molar-refractivity contribution in [1.29, 1.82) is 0 Å². The van der Waals surface area contributed by atoms with Crippen molar-refractivity contribution in [3.05, 3.63) is 46.8 Å². The van der Waals surface area contributed by atoms with E-state index in [4.69, 9.17) is 0 Å². The van der Waals surface area contributed by atoms with Crippen molar-refractivity contribution < 1.29 is 13.2 Å². The molecule has 3 fully saturated rings. The van der Waals surface area contributed by atoms with Crippen LogP contribution < -0.4 is 0 Å². The predicted molar refractivity (Wildman–Crippen MR) is 137 cm³/mol. The van der Waals surface area contributed by atoms with E-state index in [2.05, 4.69) is 13.8 Å². The first-order chi connectivity index (χ1) is 16.9. The van der Waals surface area contributed by atoms with E-state index in [1.54, 1.807) is 0 Å². The monoisotopic (exact) mass is 480 g/mol. The zero-order chi connectivity index (χ0) is 24.3. The van der Waals surface area contributed by atoms with Crippen LogP contribution in [0.3, 0.4) is 0 Å². The predicted octanol–water partition coefficient (Wildman–Crippen LogP) is 10.1. The van der Waals surface area contributed by atoms with E-state index in [1.165, 1.54) is 25.7 Å². The maximum Gasteiger partial charge on any atom is 0.167 e. The van der Waals surface area contributed by atoms with Gasteiger partial charge in [-0.3, -0.25) is 0 Å². The van der Waals surface area contributed by atoms with Crippen molar-refractivity contribution in [1.82, 2.24) is 0 Å². The van der Waals surface area contributed by atoms with Gasteiger partial charge in [-0.2, -0.15) is 0 Å². The summed E-state index contributed by atoms with van der Waals surface area (Å²) in [5.74, 6) is 1.49. The van der Waals surface area contributed by atoms with E-state index in [9.17, 15) is 0 Å². The molecule has 0 aromatic heterocycles. The van der Waals surface area contributed by atoms with Crippen molar-refractivity contribution in [2.24, 2.45) is 23.7 Å². The molecule has 3 heteroatoms. The molecule has 0 saturated heterocycles. The average molecular weight is 481 g/mol. The maximum atomic E-state index is 15.6. The fourth-order valence-corrected chi connectivity index (χ4v) is 7.94. The lowest BCUT2D eigenvalue weighted by Gasteiger charge is -2.38. The van der Waals surface area contributed by atoms with E-state index in [0.717, 1.165) is 74.7 Å². The first-order valence-electron chi connectivity index (χ1n) is 14.3. The molecule has 2 aromatic rings. The Bertz CT molecular complexity index is 1090. The molecule has 0 heterocycles. The Kier molecular flexibility index (Phi) is 6.26. The highest BCUT2D eigenvalue weighted by atomic mass is 19.2. The highest BCUT2D eigenvalue weighted by molar-refractivity contribution is 6.03. The standard InChI is InChI=1S/C32H39F3/c1-18-3-7-20(8-4-18)21-11-13-23(14-12-21)26-17-27-25-16-15-24(22-9-5-19(2)6-10-22)30(33)28(25)29(27)32(35)31(26)34/h15-23H,3-14H2,1-2H3. The van der Waals surface area contributed by atoms with Crippen LogP contribution in [0.5, 0.6) is 0 Å². The number of rotatable bonds is 3. The molecule has 0 spiro atoms. The van der Waals surface area contributed by atoms with Crippen LogP contribution in [0.2, 0.25) is 0 Å². The van der Waals surface area contributed by atoms with Gasteiger partial charge in [-0.25, -0.2) is 13.2 Å². The third-order valence-electron chi connectivity index (χ3n) is 10.3. The summed E-state index contributed by atoms with van der Waals surface area (Å²) in [6.45, 7) is 4.61. The Morgan fingerprint density at radius 1 is 0.514 bits per heavy atom. The molecule has 3 saturated carbocycles. The highest BCUT2D eigenvalue weighted by Gasteiger charge is 2.38. The zero-order valence-corrected chi connectivity index (χ0v) is 21.3. The number of halogens is 3. The summed E-state index contributed by atoms with van der Waals surface area (Å²) in [5, 5.41) is 0. The van der Waals surface area contributed by atoms with Crippen LogP contribution in [0.15, 0.2) is 18.2 Å². The quantitative estimate of drug-likeness (QED) is 0.350. The van der Waals surface area contributed by atoms with Crippen LogP contribution in [0.25, 0.3) is 22.3 Å². The molecule has 0 N–H and O–H groups in total. The molecule has 0 unspecified atom stereocenters. The molecule has 4 aliphatic rings. The van der Waals surface area contributed by atoms with Crippen LogP contribution in [0.1, 0.15) is 114 Å². The SMILES string of the molecule is CC1CCC(c2ccc3c(c2F)-c2c-3cc(C3CCC(C4CCC(C)CC4)CC3)c(F)c2F)CC1. The lowest BCUT2D eigenvalue weighted by molar-refractivity contribution is 0.164. The molecule has 2 aromatic carbocycles. The average Bonchev–Trinajstić information content (AvgIpc) is 2.86. The first kappa shape index (κ1) is 23.6. The van der Waals surface area contributed by atoms with Crippen molar-refractivity contribution in [2.75, 3.05) is 0 Å². The van der Waals surface area contributed by atoms with Crippen LogP contribution >= 0.6 is 0 Å². The van der Waals surface area contributed by atoms with E-state index >= 15 is 13.2 Å². The normalized spacial score (nSPS) is 32.5. The summed E-state index contributed by atoms with van der Waals surface area (Å²) in [5.41, 5.74) is 3.17.